The summed E-state index contributed by atoms with van der Waals surface area (Å²) in [7, 11) is 3.37. The quantitative estimate of drug-likeness (QED) is 0.543. The van der Waals surface area contributed by atoms with Crippen molar-refractivity contribution in [2.45, 2.75) is 32.4 Å². The summed E-state index contributed by atoms with van der Waals surface area (Å²) in [6.45, 7) is 4.41. The Morgan fingerprint density at radius 1 is 1.29 bits per heavy atom. The summed E-state index contributed by atoms with van der Waals surface area (Å²) < 4.78 is 5.22. The van der Waals surface area contributed by atoms with Crippen molar-refractivity contribution in [2.75, 3.05) is 32.1 Å². The lowest BCUT2D eigenvalue weighted by Gasteiger charge is -2.34. The van der Waals surface area contributed by atoms with Crippen LogP contribution in [0.25, 0.3) is 0 Å². The standard InChI is InChI=1S/C21H29N5O2/c1-15-5-4-6-20(24-15)26-11-9-17(10-12-26)25-21(22-2)23-14-16-13-18(28-3)7-8-19(16)27/h4-8,13,17,27H,9-12,14H2,1-3H3,(H2,22,23,25). The lowest BCUT2D eigenvalue weighted by Crippen LogP contribution is -2.48. The van der Waals surface area contributed by atoms with Gasteiger partial charge < -0.3 is 25.4 Å². The Morgan fingerprint density at radius 3 is 2.75 bits per heavy atom. The number of guanidine groups is 1. The molecule has 2 aromatic rings. The maximum Gasteiger partial charge on any atom is 0.191 e. The van der Waals surface area contributed by atoms with E-state index in [-0.39, 0.29) is 5.75 Å². The maximum absolute atomic E-state index is 10.0. The maximum atomic E-state index is 10.0. The summed E-state index contributed by atoms with van der Waals surface area (Å²) in [4.78, 5) is 11.3. The van der Waals surface area contributed by atoms with Crippen molar-refractivity contribution in [3.8, 4) is 11.5 Å². The second-order valence-electron chi connectivity index (χ2n) is 6.96. The number of hydrogen-bond acceptors (Lipinski definition) is 5. The van der Waals surface area contributed by atoms with Gasteiger partial charge in [-0.1, -0.05) is 6.07 Å². The van der Waals surface area contributed by atoms with Gasteiger partial charge in [0.05, 0.1) is 7.11 Å². The molecule has 0 aliphatic carbocycles. The fraction of sp³-hybridized carbons (Fsp3) is 0.429. The van der Waals surface area contributed by atoms with Gasteiger partial charge in [0.2, 0.25) is 0 Å². The fourth-order valence-electron chi connectivity index (χ4n) is 3.36. The molecule has 0 spiro atoms. The van der Waals surface area contributed by atoms with Gasteiger partial charge in [-0.05, 0) is 50.1 Å². The van der Waals surface area contributed by atoms with Crippen LogP contribution in [0.4, 0.5) is 5.82 Å². The van der Waals surface area contributed by atoms with E-state index in [1.54, 1.807) is 26.3 Å². The van der Waals surface area contributed by atoms with Crippen molar-refractivity contribution in [1.82, 2.24) is 15.6 Å². The smallest absolute Gasteiger partial charge is 0.191 e. The number of ether oxygens (including phenoxy) is 1. The van der Waals surface area contributed by atoms with E-state index in [1.807, 2.05) is 19.1 Å². The number of aliphatic imine (C=N–C) groups is 1. The second-order valence-corrected chi connectivity index (χ2v) is 6.96. The summed E-state index contributed by atoms with van der Waals surface area (Å²) >= 11 is 0. The Labute approximate surface area is 166 Å². The summed E-state index contributed by atoms with van der Waals surface area (Å²) in [5.41, 5.74) is 1.81. The molecular weight excluding hydrogens is 354 g/mol. The van der Waals surface area contributed by atoms with Gasteiger partial charge in [0.25, 0.3) is 0 Å². The van der Waals surface area contributed by atoms with Crippen LogP contribution in [0.3, 0.4) is 0 Å². The van der Waals surface area contributed by atoms with Crippen molar-refractivity contribution >= 4 is 11.8 Å². The number of phenolic OH excluding ortho intramolecular Hbond substituents is 1. The van der Waals surface area contributed by atoms with E-state index in [9.17, 15) is 5.11 Å². The molecule has 3 N–H and O–H groups in total. The molecule has 1 aliphatic heterocycles. The average Bonchev–Trinajstić information content (AvgIpc) is 2.72. The monoisotopic (exact) mass is 383 g/mol. The predicted octanol–water partition coefficient (Wildman–Crippen LogP) is 2.44. The number of methoxy groups -OCH3 is 1. The first-order valence-corrected chi connectivity index (χ1v) is 9.60. The zero-order valence-corrected chi connectivity index (χ0v) is 16.8. The minimum absolute atomic E-state index is 0.239. The SMILES string of the molecule is CN=C(NCc1cc(OC)ccc1O)NC1CCN(c2cccc(C)n2)CC1. The molecule has 1 aliphatic rings. The van der Waals surface area contributed by atoms with Crippen LogP contribution < -0.4 is 20.3 Å². The van der Waals surface area contributed by atoms with Gasteiger partial charge in [-0.15, -0.1) is 0 Å². The van der Waals surface area contributed by atoms with Gasteiger partial charge in [-0.2, -0.15) is 0 Å². The molecule has 0 atom stereocenters. The molecule has 3 rings (SSSR count). The van der Waals surface area contributed by atoms with Crippen molar-refractivity contribution < 1.29 is 9.84 Å². The number of anilines is 1. The van der Waals surface area contributed by atoms with E-state index < -0.39 is 0 Å². The Morgan fingerprint density at radius 2 is 2.07 bits per heavy atom. The molecule has 0 radical (unpaired) electrons. The van der Waals surface area contributed by atoms with Crippen LogP contribution in [-0.2, 0) is 6.54 Å². The van der Waals surface area contributed by atoms with Crippen LogP contribution >= 0.6 is 0 Å². The van der Waals surface area contributed by atoms with Crippen molar-refractivity contribution in [2.24, 2.45) is 4.99 Å². The van der Waals surface area contributed by atoms with Gasteiger partial charge in [0, 0.05) is 44.0 Å². The number of nitrogens with zero attached hydrogens (tertiary/aromatic N) is 3. The van der Waals surface area contributed by atoms with Crippen molar-refractivity contribution in [3.63, 3.8) is 0 Å². The topological polar surface area (TPSA) is 82.0 Å². The van der Waals surface area contributed by atoms with E-state index in [0.717, 1.165) is 54.7 Å². The highest BCUT2D eigenvalue weighted by molar-refractivity contribution is 5.80. The number of aromatic hydroxyl groups is 1. The number of aromatic nitrogens is 1. The normalized spacial score (nSPS) is 15.4. The van der Waals surface area contributed by atoms with Gasteiger partial charge in [0.1, 0.15) is 17.3 Å². The molecule has 28 heavy (non-hydrogen) atoms. The molecule has 7 nitrogen and oxygen atoms in total. The van der Waals surface area contributed by atoms with Gasteiger partial charge in [-0.25, -0.2) is 4.98 Å². The van der Waals surface area contributed by atoms with Crippen LogP contribution in [0.15, 0.2) is 41.4 Å². The van der Waals surface area contributed by atoms with E-state index in [4.69, 9.17) is 4.74 Å². The summed E-state index contributed by atoms with van der Waals surface area (Å²) in [6.07, 6.45) is 2.03. The van der Waals surface area contributed by atoms with Crippen LogP contribution in [-0.4, -0.2) is 49.3 Å². The molecule has 2 heterocycles. The Hall–Kier alpha value is -2.96. The third kappa shape index (κ3) is 5.06. The Kier molecular flexibility index (Phi) is 6.57. The lowest BCUT2D eigenvalue weighted by atomic mass is 10.1. The molecule has 1 fully saturated rings. The third-order valence-corrected chi connectivity index (χ3v) is 4.99. The molecule has 1 aromatic heterocycles. The first-order valence-electron chi connectivity index (χ1n) is 9.60. The van der Waals surface area contributed by atoms with Gasteiger partial charge in [0.15, 0.2) is 5.96 Å². The Balaban J connectivity index is 1.51. The molecule has 0 bridgehead atoms. The van der Waals surface area contributed by atoms with Crippen molar-refractivity contribution in [1.29, 1.82) is 0 Å². The minimum atomic E-state index is 0.239. The molecule has 1 saturated heterocycles. The minimum Gasteiger partial charge on any atom is -0.508 e. The van der Waals surface area contributed by atoms with Gasteiger partial charge in [-0.3, -0.25) is 4.99 Å². The molecule has 0 saturated carbocycles. The summed E-state index contributed by atoms with van der Waals surface area (Å²) in [5, 5.41) is 16.8. The number of piperidine rings is 1. The number of benzene rings is 1. The first-order chi connectivity index (χ1) is 13.6. The summed E-state index contributed by atoms with van der Waals surface area (Å²) in [5.74, 6) is 2.74. The van der Waals surface area contributed by atoms with Crippen molar-refractivity contribution in [3.05, 3.63) is 47.7 Å². The van der Waals surface area contributed by atoms with Crippen LogP contribution in [0, 0.1) is 6.92 Å². The number of aryl methyl sites for hydroxylation is 1. The van der Waals surface area contributed by atoms with Crippen LogP contribution in [0.2, 0.25) is 0 Å². The second kappa shape index (κ2) is 9.30. The number of hydrogen-bond donors (Lipinski definition) is 3. The van der Waals surface area contributed by atoms with E-state index in [2.05, 4.69) is 37.6 Å². The highest BCUT2D eigenvalue weighted by Crippen LogP contribution is 2.22. The number of nitrogens with one attached hydrogen (secondary N) is 2. The average molecular weight is 383 g/mol. The molecule has 0 amide bonds. The molecule has 1 aromatic carbocycles. The van der Waals surface area contributed by atoms with Gasteiger partial charge >= 0.3 is 0 Å². The molecule has 0 unspecified atom stereocenters. The Bertz CT molecular complexity index is 816. The van der Waals surface area contributed by atoms with Crippen LogP contribution in [0.1, 0.15) is 24.1 Å². The number of pyridine rings is 1. The van der Waals surface area contributed by atoms with E-state index >= 15 is 0 Å². The molecule has 150 valence electrons. The highest BCUT2D eigenvalue weighted by atomic mass is 16.5. The largest absolute Gasteiger partial charge is 0.508 e. The van der Waals surface area contributed by atoms with Crippen LogP contribution in [0.5, 0.6) is 11.5 Å². The van der Waals surface area contributed by atoms with E-state index in [0.29, 0.717) is 12.6 Å². The zero-order chi connectivity index (χ0) is 19.9. The fourth-order valence-corrected chi connectivity index (χ4v) is 3.36. The number of rotatable bonds is 5. The predicted molar refractivity (Wildman–Crippen MR) is 112 cm³/mol. The highest BCUT2D eigenvalue weighted by Gasteiger charge is 2.21. The van der Waals surface area contributed by atoms with E-state index in [1.165, 1.54) is 0 Å². The summed E-state index contributed by atoms with van der Waals surface area (Å²) in [6, 6.07) is 11.7. The lowest BCUT2D eigenvalue weighted by molar-refractivity contribution is 0.410. The number of phenols is 1. The zero-order valence-electron chi connectivity index (χ0n) is 16.8. The molecular formula is C21H29N5O2. The first kappa shape index (κ1) is 19.8. The molecule has 7 heteroatoms. The third-order valence-electron chi connectivity index (χ3n) is 4.99.